The number of aromatic nitrogens is 3. The third-order valence-corrected chi connectivity index (χ3v) is 6.75. The molecular weight excluding hydrogens is 473 g/mol. The Hall–Kier alpha value is -1.79. The maximum absolute atomic E-state index is 12.8. The molecule has 7 nitrogen and oxygen atoms in total. The van der Waals surface area contributed by atoms with Gasteiger partial charge in [-0.3, -0.25) is 4.79 Å². The molecule has 0 aromatic carbocycles. The van der Waals surface area contributed by atoms with E-state index in [4.69, 9.17) is 11.6 Å². The highest BCUT2D eigenvalue weighted by molar-refractivity contribution is 8.01. The minimum atomic E-state index is -4.49. The van der Waals surface area contributed by atoms with Gasteiger partial charge in [-0.1, -0.05) is 48.5 Å². The van der Waals surface area contributed by atoms with E-state index in [1.807, 2.05) is 0 Å². The second-order valence-electron chi connectivity index (χ2n) is 7.33. The fraction of sp³-hybridized carbons (Fsp3) is 0.556. The van der Waals surface area contributed by atoms with Crippen LogP contribution in [0, 0.1) is 5.92 Å². The first kappa shape index (κ1) is 23.9. The van der Waals surface area contributed by atoms with E-state index in [0.29, 0.717) is 37.9 Å². The van der Waals surface area contributed by atoms with Crippen molar-refractivity contribution in [2.75, 3.05) is 48.7 Å². The Morgan fingerprint density at radius 1 is 1.29 bits per heavy atom. The molecule has 3 rings (SSSR count). The molecule has 1 N–H and O–H groups in total. The SMILES string of the molecule is CC(C)CNc1nnc(SCC(=O)N2CCN(c3ncc(C(F)(F)F)cc3Cl)CC2)s1. The first-order valence-electron chi connectivity index (χ1n) is 9.59. The van der Waals surface area contributed by atoms with E-state index in [2.05, 4.69) is 34.3 Å². The number of carbonyl (C=O) groups is 1. The third kappa shape index (κ3) is 6.59. The fourth-order valence-electron chi connectivity index (χ4n) is 2.83. The number of thioether (sulfide) groups is 1. The summed E-state index contributed by atoms with van der Waals surface area (Å²) < 4.78 is 39.1. The van der Waals surface area contributed by atoms with Crippen LogP contribution in [0.4, 0.5) is 24.1 Å². The number of hydrogen-bond donors (Lipinski definition) is 1. The predicted octanol–water partition coefficient (Wildman–Crippen LogP) is 4.11. The third-order valence-electron chi connectivity index (χ3n) is 4.47. The first-order valence-corrected chi connectivity index (χ1v) is 11.8. The Bertz CT molecular complexity index is 903. The summed E-state index contributed by atoms with van der Waals surface area (Å²) in [7, 11) is 0. The van der Waals surface area contributed by atoms with Gasteiger partial charge in [0, 0.05) is 38.9 Å². The lowest BCUT2D eigenvalue weighted by Gasteiger charge is -2.35. The van der Waals surface area contributed by atoms with Gasteiger partial charge in [0.05, 0.1) is 16.3 Å². The van der Waals surface area contributed by atoms with Crippen LogP contribution in [-0.2, 0) is 11.0 Å². The van der Waals surface area contributed by atoms with Crippen LogP contribution < -0.4 is 10.2 Å². The quantitative estimate of drug-likeness (QED) is 0.580. The Morgan fingerprint density at radius 2 is 2.00 bits per heavy atom. The summed E-state index contributed by atoms with van der Waals surface area (Å²) in [5.74, 6) is 1.01. The van der Waals surface area contributed by atoms with Crippen molar-refractivity contribution in [2.45, 2.75) is 24.4 Å². The predicted molar refractivity (Wildman–Crippen MR) is 117 cm³/mol. The van der Waals surface area contributed by atoms with Crippen molar-refractivity contribution < 1.29 is 18.0 Å². The number of pyridine rings is 1. The van der Waals surface area contributed by atoms with Gasteiger partial charge in [-0.15, -0.1) is 10.2 Å². The van der Waals surface area contributed by atoms with Gasteiger partial charge in [0.2, 0.25) is 11.0 Å². The maximum Gasteiger partial charge on any atom is 0.417 e. The Labute approximate surface area is 191 Å². The van der Waals surface area contributed by atoms with Gasteiger partial charge < -0.3 is 15.1 Å². The topological polar surface area (TPSA) is 74.2 Å². The van der Waals surface area contributed by atoms with Crippen LogP contribution in [-0.4, -0.2) is 64.5 Å². The van der Waals surface area contributed by atoms with Gasteiger partial charge in [-0.25, -0.2) is 4.98 Å². The van der Waals surface area contributed by atoms with Crippen molar-refractivity contribution in [3.8, 4) is 0 Å². The minimum Gasteiger partial charge on any atom is -0.360 e. The standard InChI is InChI=1S/C18H22ClF3N6OS2/c1-11(2)8-24-16-25-26-17(31-16)30-10-14(29)27-3-5-28(6-4-27)15-13(19)7-12(9-23-15)18(20,21)22/h7,9,11H,3-6,8,10H2,1-2H3,(H,24,25). The lowest BCUT2D eigenvalue weighted by atomic mass is 10.2. The smallest absolute Gasteiger partial charge is 0.360 e. The van der Waals surface area contributed by atoms with Gasteiger partial charge in [-0.2, -0.15) is 13.2 Å². The number of nitrogens with zero attached hydrogens (tertiary/aromatic N) is 5. The molecule has 3 heterocycles. The van der Waals surface area contributed by atoms with E-state index in [9.17, 15) is 18.0 Å². The van der Waals surface area contributed by atoms with E-state index in [1.54, 1.807) is 9.80 Å². The summed E-state index contributed by atoms with van der Waals surface area (Å²) in [6.07, 6.45) is -3.71. The molecule has 0 bridgehead atoms. The Balaban J connectivity index is 1.48. The molecule has 0 saturated carbocycles. The minimum absolute atomic E-state index is 0.0250. The molecule has 170 valence electrons. The average molecular weight is 495 g/mol. The molecule has 2 aromatic rings. The van der Waals surface area contributed by atoms with Crippen molar-refractivity contribution in [3.63, 3.8) is 0 Å². The van der Waals surface area contributed by atoms with Crippen molar-refractivity contribution in [2.24, 2.45) is 5.92 Å². The van der Waals surface area contributed by atoms with Crippen LogP contribution >= 0.6 is 34.7 Å². The van der Waals surface area contributed by atoms with E-state index in [1.165, 1.54) is 23.1 Å². The van der Waals surface area contributed by atoms with Crippen molar-refractivity contribution in [3.05, 3.63) is 22.8 Å². The Kier molecular flexibility index (Phi) is 7.87. The average Bonchev–Trinajstić information content (AvgIpc) is 3.18. The van der Waals surface area contributed by atoms with Gasteiger partial charge >= 0.3 is 6.18 Å². The highest BCUT2D eigenvalue weighted by Gasteiger charge is 2.32. The molecule has 1 aliphatic heterocycles. The van der Waals surface area contributed by atoms with Crippen LogP contribution in [0.5, 0.6) is 0 Å². The van der Waals surface area contributed by atoms with Crippen LogP contribution in [0.3, 0.4) is 0 Å². The number of carbonyl (C=O) groups excluding carboxylic acids is 1. The number of amides is 1. The summed E-state index contributed by atoms with van der Waals surface area (Å²) in [5, 5.41) is 12.0. The summed E-state index contributed by atoms with van der Waals surface area (Å²) in [6.45, 7) is 6.77. The van der Waals surface area contributed by atoms with E-state index < -0.39 is 11.7 Å². The molecular formula is C18H22ClF3N6OS2. The zero-order chi connectivity index (χ0) is 22.6. The molecule has 0 aliphatic carbocycles. The highest BCUT2D eigenvalue weighted by atomic mass is 35.5. The lowest BCUT2D eigenvalue weighted by Crippen LogP contribution is -2.49. The molecule has 1 aliphatic rings. The van der Waals surface area contributed by atoms with Crippen LogP contribution in [0.15, 0.2) is 16.6 Å². The maximum atomic E-state index is 12.8. The molecule has 2 aromatic heterocycles. The molecule has 0 unspecified atom stereocenters. The monoisotopic (exact) mass is 494 g/mol. The molecule has 1 amide bonds. The van der Waals surface area contributed by atoms with Crippen LogP contribution in [0.1, 0.15) is 19.4 Å². The second-order valence-corrected chi connectivity index (χ2v) is 9.94. The molecule has 0 spiro atoms. The molecule has 1 fully saturated rings. The van der Waals surface area contributed by atoms with Crippen LogP contribution in [0.2, 0.25) is 5.02 Å². The number of nitrogens with one attached hydrogen (secondary N) is 1. The fourth-order valence-corrected chi connectivity index (χ4v) is 4.78. The van der Waals surface area contributed by atoms with E-state index in [0.717, 1.165) is 28.3 Å². The number of hydrogen-bond acceptors (Lipinski definition) is 8. The zero-order valence-electron chi connectivity index (χ0n) is 16.9. The lowest BCUT2D eigenvalue weighted by molar-refractivity contribution is -0.137. The van der Waals surface area contributed by atoms with Gasteiger partial charge in [0.15, 0.2) is 4.34 Å². The number of alkyl halides is 3. The largest absolute Gasteiger partial charge is 0.417 e. The number of halogens is 4. The van der Waals surface area contributed by atoms with Gasteiger partial charge in [-0.05, 0) is 12.0 Å². The Morgan fingerprint density at radius 3 is 2.61 bits per heavy atom. The summed E-state index contributed by atoms with van der Waals surface area (Å²) in [6, 6.07) is 0.879. The molecule has 0 atom stereocenters. The summed E-state index contributed by atoms with van der Waals surface area (Å²) in [4.78, 5) is 19.9. The highest BCUT2D eigenvalue weighted by Crippen LogP contribution is 2.34. The van der Waals surface area contributed by atoms with Crippen LogP contribution in [0.25, 0.3) is 0 Å². The van der Waals surface area contributed by atoms with E-state index in [-0.39, 0.29) is 16.7 Å². The van der Waals surface area contributed by atoms with Crippen molar-refractivity contribution in [1.29, 1.82) is 0 Å². The molecule has 1 saturated heterocycles. The normalized spacial score (nSPS) is 14.9. The van der Waals surface area contributed by atoms with Gasteiger partial charge in [0.25, 0.3) is 0 Å². The van der Waals surface area contributed by atoms with Gasteiger partial charge in [0.1, 0.15) is 5.82 Å². The first-order chi connectivity index (χ1) is 14.6. The van der Waals surface area contributed by atoms with Crippen molar-refractivity contribution >= 4 is 51.6 Å². The summed E-state index contributed by atoms with van der Waals surface area (Å²) in [5.41, 5.74) is -0.883. The number of piperazine rings is 1. The number of rotatable bonds is 7. The van der Waals surface area contributed by atoms with Crippen molar-refractivity contribution in [1.82, 2.24) is 20.1 Å². The summed E-state index contributed by atoms with van der Waals surface area (Å²) >= 11 is 8.78. The zero-order valence-corrected chi connectivity index (χ0v) is 19.3. The number of anilines is 2. The molecule has 31 heavy (non-hydrogen) atoms. The molecule has 13 heteroatoms. The van der Waals surface area contributed by atoms with E-state index >= 15 is 0 Å². The molecule has 0 radical (unpaired) electrons. The second kappa shape index (κ2) is 10.2.